The van der Waals surface area contributed by atoms with Crippen LogP contribution in [-0.2, 0) is 53.0 Å². The number of benzene rings is 1. The Morgan fingerprint density at radius 2 is 1.48 bits per heavy atom. The summed E-state index contributed by atoms with van der Waals surface area (Å²) in [6.07, 6.45) is -0.719. The lowest BCUT2D eigenvalue weighted by molar-refractivity contribution is -0.277. The Labute approximate surface area is 246 Å². The van der Waals surface area contributed by atoms with Gasteiger partial charge in [-0.15, -0.1) is 0 Å². The zero-order valence-corrected chi connectivity index (χ0v) is 25.4. The Morgan fingerprint density at radius 1 is 0.905 bits per heavy atom. The van der Waals surface area contributed by atoms with Crippen molar-refractivity contribution in [3.05, 3.63) is 29.8 Å². The van der Waals surface area contributed by atoms with Crippen molar-refractivity contribution in [1.29, 1.82) is 0 Å². The summed E-state index contributed by atoms with van der Waals surface area (Å²) in [5.41, 5.74) is 6.44. The van der Waals surface area contributed by atoms with Crippen molar-refractivity contribution in [2.75, 3.05) is 19.8 Å². The molecule has 1 amide bonds. The number of ether oxygens (including phenoxy) is 5. The van der Waals surface area contributed by atoms with Gasteiger partial charge in [0, 0.05) is 34.3 Å². The molecule has 4 N–H and O–H groups in total. The van der Waals surface area contributed by atoms with E-state index in [0.29, 0.717) is 13.2 Å². The molecule has 2 rings (SSSR count). The van der Waals surface area contributed by atoms with Gasteiger partial charge in [-0.05, 0) is 38.4 Å². The van der Waals surface area contributed by atoms with Gasteiger partial charge in [-0.2, -0.15) is 8.42 Å². The van der Waals surface area contributed by atoms with Crippen molar-refractivity contribution in [2.24, 2.45) is 5.73 Å². The second kappa shape index (κ2) is 18.4. The molecule has 0 unspecified atom stereocenters. The molecule has 14 nitrogen and oxygen atoms in total. The predicted molar refractivity (Wildman–Crippen MR) is 148 cm³/mol. The highest BCUT2D eigenvalue weighted by Crippen LogP contribution is 2.28. The molecule has 1 aliphatic heterocycles. The number of nitrogens with two attached hydrogens (primary N) is 1. The Bertz CT molecular complexity index is 1130. The number of nitrogens with one attached hydrogen (secondary N) is 1. The van der Waals surface area contributed by atoms with Crippen LogP contribution in [0.25, 0.3) is 0 Å². The van der Waals surface area contributed by atoms with Gasteiger partial charge in [-0.1, -0.05) is 30.5 Å². The van der Waals surface area contributed by atoms with Crippen molar-refractivity contribution in [1.82, 2.24) is 5.32 Å². The summed E-state index contributed by atoms with van der Waals surface area (Å²) in [6, 6.07) is 5.05. The van der Waals surface area contributed by atoms with Crippen LogP contribution in [0.3, 0.4) is 0 Å². The van der Waals surface area contributed by atoms with E-state index in [-0.39, 0.29) is 11.5 Å². The monoisotopic (exact) mass is 618 g/mol. The van der Waals surface area contributed by atoms with Crippen LogP contribution in [0.2, 0.25) is 0 Å². The Morgan fingerprint density at radius 3 is 1.98 bits per heavy atom. The Kier molecular flexibility index (Phi) is 16.2. The Balaban J connectivity index is 0.000000666. The number of carbonyl (C=O) groups excluding carboxylic acids is 4. The molecule has 0 spiro atoms. The molecule has 1 heterocycles. The van der Waals surface area contributed by atoms with Gasteiger partial charge in [0.2, 0.25) is 5.91 Å². The van der Waals surface area contributed by atoms with Crippen molar-refractivity contribution >= 4 is 33.9 Å². The standard InChI is InChI=1S/C20H34N2O9.C7H8O3S/c1-12(23)22-17-19(30-15(4)26)18(29-14(3)25)16(11-28-13(2)24)31-20(17)27-10-8-6-5-7-9-21;1-6-2-4-7(5-3-6)11(8,9)10/h16-20H,5-11,21H2,1-4H3,(H,22,23);2-5H,1H3,(H,8,9,10)/t16-,17-,18+,19-,20-;/m1./s1. The van der Waals surface area contributed by atoms with Crippen LogP contribution >= 0.6 is 0 Å². The molecule has 0 saturated carbocycles. The van der Waals surface area contributed by atoms with Crippen LogP contribution < -0.4 is 11.1 Å². The van der Waals surface area contributed by atoms with Gasteiger partial charge in [0.1, 0.15) is 18.8 Å². The molecule has 1 fully saturated rings. The minimum atomic E-state index is -4.02. The average molecular weight is 619 g/mol. The number of aryl methyl sites for hydroxylation is 1. The highest BCUT2D eigenvalue weighted by molar-refractivity contribution is 7.85. The summed E-state index contributed by atoms with van der Waals surface area (Å²) in [5, 5.41) is 2.66. The second-order valence-electron chi connectivity index (χ2n) is 9.58. The van der Waals surface area contributed by atoms with Crippen molar-refractivity contribution in [3.8, 4) is 0 Å². The van der Waals surface area contributed by atoms with Crippen molar-refractivity contribution in [3.63, 3.8) is 0 Å². The second-order valence-corrected chi connectivity index (χ2v) is 11.0. The highest BCUT2D eigenvalue weighted by atomic mass is 32.2. The molecule has 15 heteroatoms. The van der Waals surface area contributed by atoms with E-state index in [2.05, 4.69) is 5.32 Å². The molecular weight excluding hydrogens is 576 g/mol. The van der Waals surface area contributed by atoms with E-state index in [9.17, 15) is 27.6 Å². The number of rotatable bonds is 13. The van der Waals surface area contributed by atoms with Crippen molar-refractivity contribution < 1.29 is 55.8 Å². The third kappa shape index (κ3) is 14.2. The Hall–Kier alpha value is -3.11. The fourth-order valence-corrected chi connectivity index (χ4v) is 4.42. The van der Waals surface area contributed by atoms with Gasteiger partial charge in [-0.25, -0.2) is 0 Å². The molecule has 0 radical (unpaired) electrons. The fourth-order valence-electron chi connectivity index (χ4n) is 3.94. The third-order valence-corrected chi connectivity index (χ3v) is 6.64. The first-order chi connectivity index (χ1) is 19.6. The van der Waals surface area contributed by atoms with Crippen LogP contribution in [0.15, 0.2) is 29.2 Å². The first kappa shape index (κ1) is 36.9. The first-order valence-corrected chi connectivity index (χ1v) is 14.9. The molecule has 5 atom stereocenters. The van der Waals surface area contributed by atoms with Crippen molar-refractivity contribution in [2.45, 2.75) is 95.8 Å². The van der Waals surface area contributed by atoms with Crippen LogP contribution in [0.5, 0.6) is 0 Å². The molecular formula is C27H42N2O12S. The van der Waals surface area contributed by atoms with E-state index in [1.54, 1.807) is 12.1 Å². The molecule has 1 aromatic carbocycles. The van der Waals surface area contributed by atoms with Crippen LogP contribution in [-0.4, -0.2) is 87.2 Å². The SMILES string of the molecule is CC(=O)N[C@H]1[C@H](OCCCCCCN)O[C@H](COC(C)=O)[C@H](OC(C)=O)[C@@H]1OC(C)=O.Cc1ccc(S(=O)(=O)O)cc1. The number of carbonyl (C=O) groups is 4. The van der Waals surface area contributed by atoms with Gasteiger partial charge in [0.05, 0.1) is 4.90 Å². The normalized spacial score (nSPS) is 21.7. The molecule has 1 aliphatic rings. The maximum absolute atomic E-state index is 11.8. The fraction of sp³-hybridized carbons (Fsp3) is 0.630. The van der Waals surface area contributed by atoms with Gasteiger partial charge in [0.25, 0.3) is 10.1 Å². The summed E-state index contributed by atoms with van der Waals surface area (Å²) >= 11 is 0. The van der Waals surface area contributed by atoms with E-state index in [1.807, 2.05) is 6.92 Å². The summed E-state index contributed by atoms with van der Waals surface area (Å²) < 4.78 is 57.0. The van der Waals surface area contributed by atoms with E-state index in [1.165, 1.54) is 39.8 Å². The predicted octanol–water partition coefficient (Wildman–Crippen LogP) is 1.42. The zero-order chi connectivity index (χ0) is 31.9. The molecule has 238 valence electrons. The largest absolute Gasteiger partial charge is 0.463 e. The molecule has 1 saturated heterocycles. The third-order valence-electron chi connectivity index (χ3n) is 5.77. The van der Waals surface area contributed by atoms with Gasteiger partial charge in [0.15, 0.2) is 18.5 Å². The minimum absolute atomic E-state index is 0.0666. The number of hydrogen-bond acceptors (Lipinski definition) is 12. The molecule has 0 bridgehead atoms. The van der Waals surface area contributed by atoms with Crippen LogP contribution in [0.4, 0.5) is 0 Å². The summed E-state index contributed by atoms with van der Waals surface area (Å²) in [7, 11) is -4.02. The molecule has 0 aromatic heterocycles. The van der Waals surface area contributed by atoms with E-state index in [0.717, 1.165) is 31.2 Å². The zero-order valence-electron chi connectivity index (χ0n) is 24.6. The van der Waals surface area contributed by atoms with Crippen LogP contribution in [0.1, 0.15) is 58.9 Å². The lowest BCUT2D eigenvalue weighted by atomic mass is 9.96. The minimum Gasteiger partial charge on any atom is -0.463 e. The van der Waals surface area contributed by atoms with Gasteiger partial charge >= 0.3 is 17.9 Å². The summed E-state index contributed by atoms with van der Waals surface area (Å²) in [5.74, 6) is -2.27. The summed E-state index contributed by atoms with van der Waals surface area (Å²) in [4.78, 5) is 46.5. The molecule has 1 aromatic rings. The molecule has 0 aliphatic carbocycles. The quantitative estimate of drug-likeness (QED) is 0.124. The number of hydrogen-bond donors (Lipinski definition) is 3. The summed E-state index contributed by atoms with van der Waals surface area (Å²) in [6.45, 7) is 7.42. The topological polar surface area (TPSA) is 207 Å². The average Bonchev–Trinajstić information content (AvgIpc) is 2.87. The maximum atomic E-state index is 11.8. The highest BCUT2D eigenvalue weighted by Gasteiger charge is 2.51. The van der Waals surface area contributed by atoms with Crippen LogP contribution in [0, 0.1) is 6.92 Å². The van der Waals surface area contributed by atoms with E-state index >= 15 is 0 Å². The number of esters is 3. The number of unbranched alkanes of at least 4 members (excludes halogenated alkanes) is 3. The maximum Gasteiger partial charge on any atom is 0.303 e. The van der Waals surface area contributed by atoms with Gasteiger partial charge < -0.3 is 34.7 Å². The van der Waals surface area contributed by atoms with Gasteiger partial charge in [-0.3, -0.25) is 23.7 Å². The first-order valence-electron chi connectivity index (χ1n) is 13.4. The lowest BCUT2D eigenvalue weighted by Crippen LogP contribution is -2.66. The van der Waals surface area contributed by atoms with E-state index < -0.39 is 64.6 Å². The smallest absolute Gasteiger partial charge is 0.303 e. The van der Waals surface area contributed by atoms with E-state index in [4.69, 9.17) is 34.0 Å². The number of amides is 1. The molecule has 42 heavy (non-hydrogen) atoms. The lowest BCUT2D eigenvalue weighted by Gasteiger charge is -2.44.